The van der Waals surface area contributed by atoms with Crippen molar-refractivity contribution >= 4 is 5.91 Å². The highest BCUT2D eigenvalue weighted by atomic mass is 16.2. The van der Waals surface area contributed by atoms with Crippen LogP contribution in [0.15, 0.2) is 0 Å². The number of hydrogen-bond acceptors (Lipinski definition) is 2. The van der Waals surface area contributed by atoms with E-state index in [2.05, 4.69) is 33.8 Å². The van der Waals surface area contributed by atoms with Crippen LogP contribution < -0.4 is 0 Å². The maximum absolute atomic E-state index is 13.0. The lowest BCUT2D eigenvalue weighted by atomic mass is 9.79. The number of likely N-dealkylation sites (tertiary alicyclic amines) is 1. The van der Waals surface area contributed by atoms with Crippen LogP contribution in [0.1, 0.15) is 72.6 Å². The number of rotatable bonds is 6. The van der Waals surface area contributed by atoms with E-state index in [1.807, 2.05) is 4.90 Å². The first-order valence-corrected chi connectivity index (χ1v) is 8.71. The highest BCUT2D eigenvalue weighted by Gasteiger charge is 2.40. The molecule has 0 spiro atoms. The third-order valence-corrected chi connectivity index (χ3v) is 4.98. The van der Waals surface area contributed by atoms with Gasteiger partial charge in [0, 0.05) is 13.1 Å². The summed E-state index contributed by atoms with van der Waals surface area (Å²) in [5.74, 6) is 1.50. The summed E-state index contributed by atoms with van der Waals surface area (Å²) in [5.41, 5.74) is -0.777. The third kappa shape index (κ3) is 4.46. The van der Waals surface area contributed by atoms with E-state index < -0.39 is 5.41 Å². The Bertz CT molecular complexity index is 364. The predicted octanol–water partition coefficient (Wildman–Crippen LogP) is 4.38. The van der Waals surface area contributed by atoms with Crippen LogP contribution in [0, 0.1) is 28.6 Å². The molecular formula is C18H32N2O. The average molecular weight is 292 g/mol. The molecule has 1 amide bonds. The van der Waals surface area contributed by atoms with Gasteiger partial charge in [0.05, 0.1) is 6.07 Å². The molecule has 1 fully saturated rings. The topological polar surface area (TPSA) is 44.1 Å². The molecule has 0 aromatic carbocycles. The minimum atomic E-state index is -0.777. The van der Waals surface area contributed by atoms with Gasteiger partial charge in [-0.2, -0.15) is 5.26 Å². The molecule has 0 aliphatic carbocycles. The van der Waals surface area contributed by atoms with Crippen LogP contribution in [0.25, 0.3) is 0 Å². The third-order valence-electron chi connectivity index (χ3n) is 4.98. The van der Waals surface area contributed by atoms with Crippen molar-refractivity contribution in [2.75, 3.05) is 13.1 Å². The second-order valence-electron chi connectivity index (χ2n) is 6.92. The predicted molar refractivity (Wildman–Crippen MR) is 86.6 cm³/mol. The van der Waals surface area contributed by atoms with Crippen LogP contribution in [0.4, 0.5) is 0 Å². The van der Waals surface area contributed by atoms with Gasteiger partial charge < -0.3 is 4.90 Å². The summed E-state index contributed by atoms with van der Waals surface area (Å²) in [4.78, 5) is 14.9. The van der Waals surface area contributed by atoms with E-state index in [0.29, 0.717) is 18.8 Å². The molecule has 0 aromatic heterocycles. The van der Waals surface area contributed by atoms with Crippen molar-refractivity contribution in [3.63, 3.8) is 0 Å². The van der Waals surface area contributed by atoms with Crippen molar-refractivity contribution in [1.82, 2.24) is 4.90 Å². The molecule has 3 nitrogen and oxygen atoms in total. The van der Waals surface area contributed by atoms with Crippen molar-refractivity contribution in [2.45, 2.75) is 72.6 Å². The highest BCUT2D eigenvalue weighted by molar-refractivity contribution is 5.85. The van der Waals surface area contributed by atoms with E-state index in [4.69, 9.17) is 0 Å². The molecule has 0 N–H and O–H groups in total. The molecule has 1 unspecified atom stereocenters. The second kappa shape index (κ2) is 8.41. The molecule has 1 atom stereocenters. The lowest BCUT2D eigenvalue weighted by molar-refractivity contribution is -0.139. The van der Waals surface area contributed by atoms with Crippen molar-refractivity contribution in [1.29, 1.82) is 5.26 Å². The Morgan fingerprint density at radius 1 is 1.24 bits per heavy atom. The molecule has 120 valence electrons. The molecule has 0 radical (unpaired) electrons. The van der Waals surface area contributed by atoms with Gasteiger partial charge in [-0.3, -0.25) is 4.79 Å². The quantitative estimate of drug-likeness (QED) is 0.729. The Morgan fingerprint density at radius 2 is 1.86 bits per heavy atom. The van der Waals surface area contributed by atoms with Gasteiger partial charge in [-0.25, -0.2) is 0 Å². The first-order valence-electron chi connectivity index (χ1n) is 8.71. The van der Waals surface area contributed by atoms with E-state index in [1.165, 1.54) is 6.42 Å². The zero-order valence-corrected chi connectivity index (χ0v) is 14.3. The van der Waals surface area contributed by atoms with Crippen LogP contribution in [0.3, 0.4) is 0 Å². The summed E-state index contributed by atoms with van der Waals surface area (Å²) in [7, 11) is 0. The zero-order chi connectivity index (χ0) is 15.9. The van der Waals surface area contributed by atoms with Gasteiger partial charge in [0.25, 0.3) is 0 Å². The number of carbonyl (C=O) groups excluding carboxylic acids is 1. The fourth-order valence-corrected chi connectivity index (χ4v) is 3.65. The molecule has 1 rings (SSSR count). The van der Waals surface area contributed by atoms with E-state index in [9.17, 15) is 10.1 Å². The first kappa shape index (κ1) is 18.0. The molecule has 0 saturated carbocycles. The molecule has 0 bridgehead atoms. The standard InChI is InChI=1S/C18H32N2O/c1-5-10-18(14-19,11-6-2)17(21)20-12-7-8-16(9-13-20)15(3)4/h15-16H,5-13H2,1-4H3. The summed E-state index contributed by atoms with van der Waals surface area (Å²) in [5, 5.41) is 9.65. The maximum atomic E-state index is 13.0. The molecular weight excluding hydrogens is 260 g/mol. The number of carbonyl (C=O) groups is 1. The maximum Gasteiger partial charge on any atom is 0.243 e. The number of hydrogen-bond donors (Lipinski definition) is 0. The number of nitrogens with zero attached hydrogens (tertiary/aromatic N) is 2. The van der Waals surface area contributed by atoms with Gasteiger partial charge in [0.15, 0.2) is 0 Å². The molecule has 21 heavy (non-hydrogen) atoms. The van der Waals surface area contributed by atoms with Crippen LogP contribution in [0.2, 0.25) is 0 Å². The Labute approximate surface area is 130 Å². The summed E-state index contributed by atoms with van der Waals surface area (Å²) in [6, 6.07) is 2.38. The fraction of sp³-hybridized carbons (Fsp3) is 0.889. The zero-order valence-electron chi connectivity index (χ0n) is 14.3. The van der Waals surface area contributed by atoms with Crippen LogP contribution in [-0.2, 0) is 4.79 Å². The number of amides is 1. The van der Waals surface area contributed by atoms with E-state index in [1.54, 1.807) is 0 Å². The van der Waals surface area contributed by atoms with Gasteiger partial charge in [-0.1, -0.05) is 40.5 Å². The smallest absolute Gasteiger partial charge is 0.243 e. The molecule has 1 aliphatic rings. The van der Waals surface area contributed by atoms with Gasteiger partial charge in [-0.15, -0.1) is 0 Å². The summed E-state index contributed by atoms with van der Waals surface area (Å²) in [6.45, 7) is 10.3. The summed E-state index contributed by atoms with van der Waals surface area (Å²) in [6.07, 6.45) is 6.55. The lowest BCUT2D eigenvalue weighted by Crippen LogP contribution is -2.44. The molecule has 3 heteroatoms. The monoisotopic (exact) mass is 292 g/mol. The van der Waals surface area contributed by atoms with Crippen molar-refractivity contribution in [2.24, 2.45) is 17.3 Å². The van der Waals surface area contributed by atoms with Crippen molar-refractivity contribution < 1.29 is 4.79 Å². The minimum absolute atomic E-state index is 0.0955. The molecule has 1 heterocycles. The minimum Gasteiger partial charge on any atom is -0.341 e. The summed E-state index contributed by atoms with van der Waals surface area (Å²) < 4.78 is 0. The van der Waals surface area contributed by atoms with E-state index in [-0.39, 0.29) is 5.91 Å². The van der Waals surface area contributed by atoms with Crippen LogP contribution >= 0.6 is 0 Å². The van der Waals surface area contributed by atoms with Crippen LogP contribution in [-0.4, -0.2) is 23.9 Å². The Morgan fingerprint density at radius 3 is 2.33 bits per heavy atom. The van der Waals surface area contributed by atoms with Gasteiger partial charge in [0.1, 0.15) is 5.41 Å². The number of nitriles is 1. The lowest BCUT2D eigenvalue weighted by Gasteiger charge is -2.32. The Hall–Kier alpha value is -1.04. The molecule has 1 saturated heterocycles. The summed E-state index contributed by atoms with van der Waals surface area (Å²) >= 11 is 0. The Balaban J connectivity index is 2.82. The second-order valence-corrected chi connectivity index (χ2v) is 6.92. The normalized spacial score (nSPS) is 20.2. The van der Waals surface area contributed by atoms with Crippen LogP contribution in [0.5, 0.6) is 0 Å². The Kier molecular flexibility index (Phi) is 7.22. The fourth-order valence-electron chi connectivity index (χ4n) is 3.65. The van der Waals surface area contributed by atoms with Gasteiger partial charge in [0.2, 0.25) is 5.91 Å². The van der Waals surface area contributed by atoms with E-state index in [0.717, 1.165) is 44.7 Å². The highest BCUT2D eigenvalue weighted by Crippen LogP contribution is 2.33. The first-order chi connectivity index (χ1) is 10.0. The van der Waals surface area contributed by atoms with E-state index >= 15 is 0 Å². The van der Waals surface area contributed by atoms with Gasteiger partial charge >= 0.3 is 0 Å². The SMILES string of the molecule is CCCC(C#N)(CCC)C(=O)N1CCCC(C(C)C)CC1. The largest absolute Gasteiger partial charge is 0.341 e. The van der Waals surface area contributed by atoms with Crippen molar-refractivity contribution in [3.05, 3.63) is 0 Å². The molecule has 1 aliphatic heterocycles. The van der Waals surface area contributed by atoms with Crippen molar-refractivity contribution in [3.8, 4) is 6.07 Å². The molecule has 0 aromatic rings. The van der Waals surface area contributed by atoms with Gasteiger partial charge in [-0.05, 0) is 43.9 Å². The average Bonchev–Trinajstić information content (AvgIpc) is 2.72.